The average molecular weight is 251 g/mol. The highest BCUT2D eigenvalue weighted by Crippen LogP contribution is 2.43. The maximum Gasteiger partial charge on any atom is 0.326 e. The third-order valence-corrected chi connectivity index (χ3v) is 3.94. The monoisotopic (exact) mass is 251 g/mol. The molecule has 0 heterocycles. The summed E-state index contributed by atoms with van der Waals surface area (Å²) >= 11 is 0. The van der Waals surface area contributed by atoms with Gasteiger partial charge in [-0.3, -0.25) is 4.79 Å². The van der Waals surface area contributed by atoms with Crippen molar-refractivity contribution in [2.75, 3.05) is 0 Å². The molecule has 100 valence electrons. The summed E-state index contributed by atoms with van der Waals surface area (Å²) in [4.78, 5) is 23.2. The van der Waals surface area contributed by atoms with Crippen LogP contribution >= 0.6 is 0 Å². The van der Waals surface area contributed by atoms with Gasteiger partial charge in [-0.2, -0.15) is 0 Å². The van der Waals surface area contributed by atoms with Crippen LogP contribution in [-0.2, 0) is 9.59 Å². The van der Waals surface area contributed by atoms with Crippen LogP contribution in [0.15, 0.2) is 12.2 Å². The van der Waals surface area contributed by atoms with Gasteiger partial charge in [0.15, 0.2) is 0 Å². The van der Waals surface area contributed by atoms with Gasteiger partial charge in [-0.25, -0.2) is 4.79 Å². The lowest BCUT2D eigenvalue weighted by Crippen LogP contribution is -2.45. The molecule has 2 aliphatic rings. The van der Waals surface area contributed by atoms with E-state index in [1.165, 1.54) is 0 Å². The van der Waals surface area contributed by atoms with E-state index in [9.17, 15) is 9.59 Å². The lowest BCUT2D eigenvalue weighted by Gasteiger charge is -2.22. The van der Waals surface area contributed by atoms with Crippen molar-refractivity contribution in [3.05, 3.63) is 12.2 Å². The Hall–Kier alpha value is -1.32. The van der Waals surface area contributed by atoms with Gasteiger partial charge in [0, 0.05) is 5.92 Å². The molecule has 4 atom stereocenters. The summed E-state index contributed by atoms with van der Waals surface area (Å²) in [6, 6.07) is -0.749. The Balaban J connectivity index is 1.93. The largest absolute Gasteiger partial charge is 0.480 e. The summed E-state index contributed by atoms with van der Waals surface area (Å²) in [5.41, 5.74) is 0. The number of carboxylic acids is 1. The minimum Gasteiger partial charge on any atom is -0.480 e. The Bertz CT molecular complexity index is 375. The first-order valence-electron chi connectivity index (χ1n) is 6.69. The fourth-order valence-corrected chi connectivity index (χ4v) is 3.05. The minimum atomic E-state index is -0.934. The van der Waals surface area contributed by atoms with Gasteiger partial charge in [-0.05, 0) is 37.0 Å². The summed E-state index contributed by atoms with van der Waals surface area (Å²) in [6.45, 7) is 3.92. The minimum absolute atomic E-state index is 0.0194. The maximum atomic E-state index is 12.1. The number of allylic oxidation sites excluding steroid dienone is 2. The van der Waals surface area contributed by atoms with Gasteiger partial charge in [0.2, 0.25) is 5.91 Å². The molecule has 0 spiro atoms. The van der Waals surface area contributed by atoms with Crippen molar-refractivity contribution in [1.82, 2.24) is 5.32 Å². The highest BCUT2D eigenvalue weighted by molar-refractivity contribution is 5.85. The molecule has 1 fully saturated rings. The molecule has 2 rings (SSSR count). The van der Waals surface area contributed by atoms with Crippen LogP contribution in [0.4, 0.5) is 0 Å². The van der Waals surface area contributed by atoms with Crippen LogP contribution in [0.1, 0.15) is 33.1 Å². The number of amides is 1. The number of rotatable bonds is 5. The zero-order valence-corrected chi connectivity index (χ0v) is 10.9. The van der Waals surface area contributed by atoms with Crippen LogP contribution in [0.5, 0.6) is 0 Å². The van der Waals surface area contributed by atoms with Crippen LogP contribution in [0.3, 0.4) is 0 Å². The van der Waals surface area contributed by atoms with Gasteiger partial charge in [0.25, 0.3) is 0 Å². The van der Waals surface area contributed by atoms with E-state index < -0.39 is 12.0 Å². The molecule has 2 N–H and O–H groups in total. The van der Waals surface area contributed by atoms with Crippen molar-refractivity contribution in [2.45, 2.75) is 39.2 Å². The number of nitrogens with one attached hydrogen (secondary N) is 1. The zero-order chi connectivity index (χ0) is 13.3. The topological polar surface area (TPSA) is 66.4 Å². The number of hydrogen-bond donors (Lipinski definition) is 2. The summed E-state index contributed by atoms with van der Waals surface area (Å²) in [5.74, 6) is 0.0682. The Morgan fingerprint density at radius 3 is 2.50 bits per heavy atom. The predicted octanol–water partition coefficient (Wildman–Crippen LogP) is 1.81. The van der Waals surface area contributed by atoms with Crippen molar-refractivity contribution < 1.29 is 14.7 Å². The van der Waals surface area contributed by atoms with Crippen molar-refractivity contribution >= 4 is 11.9 Å². The smallest absolute Gasteiger partial charge is 0.326 e. The first-order chi connectivity index (χ1) is 8.47. The zero-order valence-electron chi connectivity index (χ0n) is 10.9. The molecule has 4 nitrogen and oxygen atoms in total. The third-order valence-electron chi connectivity index (χ3n) is 3.94. The normalized spacial score (nSPS) is 30.7. The van der Waals surface area contributed by atoms with E-state index in [-0.39, 0.29) is 17.7 Å². The second-order valence-corrected chi connectivity index (χ2v) is 5.92. The lowest BCUT2D eigenvalue weighted by molar-refractivity contribution is -0.143. The molecule has 2 aliphatic carbocycles. The number of carbonyl (C=O) groups is 2. The third kappa shape index (κ3) is 2.74. The van der Waals surface area contributed by atoms with Gasteiger partial charge < -0.3 is 10.4 Å². The standard InChI is InChI=1S/C14H21NO3/c1-8(2)5-12(14(17)18)15-13(16)11-7-9-3-4-10(11)6-9/h3-4,8-12H,5-7H2,1-2H3,(H,15,16)(H,17,18)/t9?,10?,11?,12-/m1/s1. The maximum absolute atomic E-state index is 12.1. The van der Waals surface area contributed by atoms with Crippen LogP contribution in [0.25, 0.3) is 0 Å². The van der Waals surface area contributed by atoms with E-state index in [0.717, 1.165) is 12.8 Å². The summed E-state index contributed by atoms with van der Waals surface area (Å²) in [6.07, 6.45) is 6.70. The molecule has 0 radical (unpaired) electrons. The van der Waals surface area contributed by atoms with Gasteiger partial charge in [0.1, 0.15) is 6.04 Å². The van der Waals surface area contributed by atoms with Gasteiger partial charge >= 0.3 is 5.97 Å². The van der Waals surface area contributed by atoms with Crippen LogP contribution in [-0.4, -0.2) is 23.0 Å². The quantitative estimate of drug-likeness (QED) is 0.732. The molecule has 3 unspecified atom stereocenters. The molecule has 2 bridgehead atoms. The Labute approximate surface area is 107 Å². The molecule has 0 aromatic rings. The Morgan fingerprint density at radius 1 is 1.33 bits per heavy atom. The van der Waals surface area contributed by atoms with E-state index in [0.29, 0.717) is 18.3 Å². The number of fused-ring (bicyclic) bond motifs is 2. The number of carbonyl (C=O) groups excluding carboxylic acids is 1. The van der Waals surface area contributed by atoms with E-state index >= 15 is 0 Å². The van der Waals surface area contributed by atoms with E-state index in [1.807, 2.05) is 13.8 Å². The molecular weight excluding hydrogens is 230 g/mol. The Morgan fingerprint density at radius 2 is 2.06 bits per heavy atom. The van der Waals surface area contributed by atoms with Crippen LogP contribution in [0, 0.1) is 23.7 Å². The molecular formula is C14H21NO3. The number of hydrogen-bond acceptors (Lipinski definition) is 2. The second kappa shape index (κ2) is 5.12. The van der Waals surface area contributed by atoms with Crippen LogP contribution in [0.2, 0.25) is 0 Å². The molecule has 0 saturated heterocycles. The van der Waals surface area contributed by atoms with Crippen molar-refractivity contribution in [3.8, 4) is 0 Å². The fourth-order valence-electron chi connectivity index (χ4n) is 3.05. The lowest BCUT2D eigenvalue weighted by atomic mass is 9.92. The molecule has 1 amide bonds. The average Bonchev–Trinajstić information content (AvgIpc) is 2.88. The predicted molar refractivity (Wildman–Crippen MR) is 67.9 cm³/mol. The van der Waals surface area contributed by atoms with Crippen molar-refractivity contribution in [3.63, 3.8) is 0 Å². The molecule has 0 aliphatic heterocycles. The Kier molecular flexibility index (Phi) is 3.73. The molecule has 1 saturated carbocycles. The van der Waals surface area contributed by atoms with Gasteiger partial charge in [0.05, 0.1) is 0 Å². The van der Waals surface area contributed by atoms with Gasteiger partial charge in [-0.1, -0.05) is 26.0 Å². The second-order valence-electron chi connectivity index (χ2n) is 5.92. The van der Waals surface area contributed by atoms with Crippen molar-refractivity contribution in [2.24, 2.45) is 23.7 Å². The SMILES string of the molecule is CC(C)C[C@@H](NC(=O)C1CC2C=CC1C2)C(=O)O. The summed E-state index contributed by atoms with van der Waals surface area (Å²) in [5, 5.41) is 11.8. The molecule has 18 heavy (non-hydrogen) atoms. The van der Waals surface area contributed by atoms with E-state index in [1.54, 1.807) is 0 Å². The summed E-state index contributed by atoms with van der Waals surface area (Å²) < 4.78 is 0. The van der Waals surface area contributed by atoms with E-state index in [4.69, 9.17) is 5.11 Å². The number of carboxylic acid groups (broad SMARTS) is 1. The van der Waals surface area contributed by atoms with Gasteiger partial charge in [-0.15, -0.1) is 0 Å². The first-order valence-corrected chi connectivity index (χ1v) is 6.69. The van der Waals surface area contributed by atoms with Crippen molar-refractivity contribution in [1.29, 1.82) is 0 Å². The molecule has 4 heteroatoms. The van der Waals surface area contributed by atoms with E-state index in [2.05, 4.69) is 17.5 Å². The number of aliphatic carboxylic acids is 1. The fraction of sp³-hybridized carbons (Fsp3) is 0.714. The highest BCUT2D eigenvalue weighted by Gasteiger charge is 2.40. The summed E-state index contributed by atoms with van der Waals surface area (Å²) in [7, 11) is 0. The van der Waals surface area contributed by atoms with Crippen LogP contribution < -0.4 is 5.32 Å². The highest BCUT2D eigenvalue weighted by atomic mass is 16.4. The molecule has 0 aromatic carbocycles. The first kappa shape index (κ1) is 13.1. The molecule has 0 aromatic heterocycles.